The van der Waals surface area contributed by atoms with Crippen molar-refractivity contribution in [3.63, 3.8) is 0 Å². The van der Waals surface area contributed by atoms with E-state index in [2.05, 4.69) is 0 Å². The second-order valence-corrected chi connectivity index (χ2v) is 3.25. The van der Waals surface area contributed by atoms with Crippen LogP contribution in [0, 0.1) is 12.7 Å². The summed E-state index contributed by atoms with van der Waals surface area (Å²) < 4.78 is 13.1. The molecule has 0 bridgehead atoms. The van der Waals surface area contributed by atoms with E-state index in [4.69, 9.17) is 28.3 Å². The fourth-order valence-corrected chi connectivity index (χ4v) is 1.31. The van der Waals surface area contributed by atoms with Gasteiger partial charge in [0.2, 0.25) is 0 Å². The van der Waals surface area contributed by atoms with E-state index in [1.54, 1.807) is 0 Å². The van der Waals surface area contributed by atoms with Crippen LogP contribution in [0.15, 0.2) is 6.07 Å². The number of carbonyl (C=O) groups is 1. The van der Waals surface area contributed by atoms with Crippen molar-refractivity contribution < 1.29 is 14.3 Å². The van der Waals surface area contributed by atoms with Crippen LogP contribution < -0.4 is 0 Å². The number of carboxylic acids is 1. The van der Waals surface area contributed by atoms with Crippen LogP contribution in [0.5, 0.6) is 0 Å². The van der Waals surface area contributed by atoms with Gasteiger partial charge in [0, 0.05) is 10.6 Å². The van der Waals surface area contributed by atoms with E-state index in [9.17, 15) is 9.18 Å². The first kappa shape index (κ1) is 10.3. The zero-order valence-electron chi connectivity index (χ0n) is 6.57. The Hall–Kier alpha value is -0.800. The van der Waals surface area contributed by atoms with Gasteiger partial charge in [-0.2, -0.15) is 0 Å². The van der Waals surface area contributed by atoms with Gasteiger partial charge in [0.1, 0.15) is 5.82 Å². The van der Waals surface area contributed by atoms with E-state index in [0.717, 1.165) is 6.07 Å². The lowest BCUT2D eigenvalue weighted by Crippen LogP contribution is -2.01. The highest BCUT2D eigenvalue weighted by Crippen LogP contribution is 2.28. The molecule has 70 valence electrons. The Morgan fingerprint density at radius 3 is 2.54 bits per heavy atom. The number of aromatic carboxylic acids is 1. The second kappa shape index (κ2) is 3.52. The quantitative estimate of drug-likeness (QED) is 0.742. The minimum Gasteiger partial charge on any atom is -0.478 e. The largest absolute Gasteiger partial charge is 0.478 e. The molecular formula is C8H5Cl2FO2. The molecule has 0 aliphatic rings. The summed E-state index contributed by atoms with van der Waals surface area (Å²) in [6, 6.07) is 1.13. The van der Waals surface area contributed by atoms with Gasteiger partial charge in [-0.25, -0.2) is 9.18 Å². The Bertz CT molecular complexity index is 377. The maximum Gasteiger partial charge on any atom is 0.337 e. The summed E-state index contributed by atoms with van der Waals surface area (Å²) in [5.41, 5.74) is -0.175. The highest BCUT2D eigenvalue weighted by molar-refractivity contribution is 6.36. The normalized spacial score (nSPS) is 10.2. The highest BCUT2D eigenvalue weighted by Gasteiger charge is 2.17. The van der Waals surface area contributed by atoms with Gasteiger partial charge in [-0.15, -0.1) is 0 Å². The average Bonchev–Trinajstić information content (AvgIpc) is 2.07. The van der Waals surface area contributed by atoms with Gasteiger partial charge >= 0.3 is 5.97 Å². The molecule has 0 unspecified atom stereocenters. The Morgan fingerprint density at radius 1 is 1.54 bits per heavy atom. The van der Waals surface area contributed by atoms with Crippen molar-refractivity contribution in [2.24, 2.45) is 0 Å². The fourth-order valence-electron chi connectivity index (χ4n) is 0.842. The molecule has 0 atom stereocenters. The van der Waals surface area contributed by atoms with Crippen LogP contribution in [0.3, 0.4) is 0 Å². The molecule has 1 rings (SSSR count). The molecule has 0 spiro atoms. The standard InChI is InChI=1S/C8H5Cl2FO2/c1-3-5(9)2-4(8(12)13)6(10)7(3)11/h2H,1H3,(H,12,13). The minimum atomic E-state index is -1.30. The van der Waals surface area contributed by atoms with Crippen molar-refractivity contribution in [1.82, 2.24) is 0 Å². The number of hydrogen-bond acceptors (Lipinski definition) is 1. The second-order valence-electron chi connectivity index (χ2n) is 2.46. The molecule has 0 fully saturated rings. The van der Waals surface area contributed by atoms with E-state index < -0.39 is 16.8 Å². The lowest BCUT2D eigenvalue weighted by atomic mass is 10.1. The van der Waals surface area contributed by atoms with Crippen molar-refractivity contribution in [3.05, 3.63) is 33.1 Å². The van der Waals surface area contributed by atoms with Crippen molar-refractivity contribution in [2.45, 2.75) is 6.92 Å². The van der Waals surface area contributed by atoms with Crippen LogP contribution in [-0.4, -0.2) is 11.1 Å². The number of halogens is 3. The summed E-state index contributed by atoms with van der Waals surface area (Å²) >= 11 is 11.0. The molecule has 0 aliphatic carbocycles. The Balaban J connectivity index is 3.50. The maximum atomic E-state index is 13.1. The Labute approximate surface area is 83.9 Å². The fraction of sp³-hybridized carbons (Fsp3) is 0.125. The third-order valence-corrected chi connectivity index (χ3v) is 2.38. The summed E-state index contributed by atoms with van der Waals surface area (Å²) in [5.74, 6) is -2.09. The first-order valence-electron chi connectivity index (χ1n) is 3.32. The van der Waals surface area contributed by atoms with E-state index in [0.29, 0.717) is 0 Å². The molecule has 0 saturated heterocycles. The van der Waals surface area contributed by atoms with Gasteiger partial charge in [-0.05, 0) is 13.0 Å². The van der Waals surface area contributed by atoms with Gasteiger partial charge in [0.25, 0.3) is 0 Å². The van der Waals surface area contributed by atoms with Crippen LogP contribution in [0.25, 0.3) is 0 Å². The Kier molecular flexibility index (Phi) is 2.78. The van der Waals surface area contributed by atoms with Crippen molar-refractivity contribution in [2.75, 3.05) is 0 Å². The molecule has 13 heavy (non-hydrogen) atoms. The smallest absolute Gasteiger partial charge is 0.337 e. The molecule has 2 nitrogen and oxygen atoms in total. The SMILES string of the molecule is Cc1c(Cl)cc(C(=O)O)c(Cl)c1F. The Morgan fingerprint density at radius 2 is 2.08 bits per heavy atom. The molecule has 5 heteroatoms. The van der Waals surface area contributed by atoms with E-state index in [1.807, 2.05) is 0 Å². The van der Waals surface area contributed by atoms with Crippen molar-refractivity contribution in [3.8, 4) is 0 Å². The summed E-state index contributed by atoms with van der Waals surface area (Å²) in [5, 5.41) is 8.24. The molecule has 0 radical (unpaired) electrons. The average molecular weight is 223 g/mol. The molecule has 0 saturated carbocycles. The molecule has 0 aliphatic heterocycles. The van der Waals surface area contributed by atoms with Gasteiger partial charge in [0.15, 0.2) is 0 Å². The minimum absolute atomic E-state index is 0.0549. The van der Waals surface area contributed by atoms with Gasteiger partial charge in [0.05, 0.1) is 10.6 Å². The van der Waals surface area contributed by atoms with Crippen molar-refractivity contribution in [1.29, 1.82) is 0 Å². The molecule has 1 aromatic rings. The first-order chi connectivity index (χ1) is 5.95. The molecule has 0 aromatic heterocycles. The van der Waals surface area contributed by atoms with E-state index >= 15 is 0 Å². The lowest BCUT2D eigenvalue weighted by molar-refractivity contribution is 0.0696. The molecular weight excluding hydrogens is 218 g/mol. The van der Waals surface area contributed by atoms with Gasteiger partial charge in [-0.3, -0.25) is 0 Å². The number of rotatable bonds is 1. The van der Waals surface area contributed by atoms with E-state index in [-0.39, 0.29) is 16.1 Å². The van der Waals surface area contributed by atoms with E-state index in [1.165, 1.54) is 6.92 Å². The number of benzene rings is 1. The van der Waals surface area contributed by atoms with Crippen molar-refractivity contribution >= 4 is 29.2 Å². The summed E-state index contributed by atoms with van der Waals surface area (Å²) in [7, 11) is 0. The maximum absolute atomic E-state index is 13.1. The predicted octanol–water partition coefficient (Wildman–Crippen LogP) is 3.14. The summed E-state index contributed by atoms with van der Waals surface area (Å²) in [6.07, 6.45) is 0. The third kappa shape index (κ3) is 1.76. The predicted molar refractivity (Wildman–Crippen MR) is 48.1 cm³/mol. The topological polar surface area (TPSA) is 37.3 Å². The van der Waals surface area contributed by atoms with Gasteiger partial charge < -0.3 is 5.11 Å². The van der Waals surface area contributed by atoms with Gasteiger partial charge in [-0.1, -0.05) is 23.2 Å². The zero-order chi connectivity index (χ0) is 10.2. The third-order valence-electron chi connectivity index (χ3n) is 1.62. The highest BCUT2D eigenvalue weighted by atomic mass is 35.5. The molecule has 0 amide bonds. The number of hydrogen-bond donors (Lipinski definition) is 1. The summed E-state index contributed by atoms with van der Waals surface area (Å²) in [6.45, 7) is 1.43. The lowest BCUT2D eigenvalue weighted by Gasteiger charge is -2.04. The molecule has 1 N–H and O–H groups in total. The van der Waals surface area contributed by atoms with Crippen LogP contribution in [-0.2, 0) is 0 Å². The number of carboxylic acid groups (broad SMARTS) is 1. The van der Waals surface area contributed by atoms with Crippen LogP contribution in [0.2, 0.25) is 10.0 Å². The monoisotopic (exact) mass is 222 g/mol. The summed E-state index contributed by atoms with van der Waals surface area (Å²) in [4.78, 5) is 10.5. The van der Waals surface area contributed by atoms with Crippen LogP contribution in [0.4, 0.5) is 4.39 Å². The molecule has 0 heterocycles. The molecule has 1 aromatic carbocycles. The van der Waals surface area contributed by atoms with Crippen LogP contribution in [0.1, 0.15) is 15.9 Å². The first-order valence-corrected chi connectivity index (χ1v) is 4.08. The van der Waals surface area contributed by atoms with Crippen LogP contribution >= 0.6 is 23.2 Å². The zero-order valence-corrected chi connectivity index (χ0v) is 8.08.